The average molecular weight is 249 g/mol. The fourth-order valence-electron chi connectivity index (χ4n) is 1.77. The van der Waals surface area contributed by atoms with Crippen molar-refractivity contribution in [3.63, 3.8) is 0 Å². The molecular weight excluding hydrogens is 226 g/mol. The van der Waals surface area contributed by atoms with Crippen LogP contribution in [0.2, 0.25) is 0 Å². The topological polar surface area (TPSA) is 38.3 Å². The van der Waals surface area contributed by atoms with Gasteiger partial charge in [-0.25, -0.2) is 0 Å². The van der Waals surface area contributed by atoms with Crippen LogP contribution in [0.25, 0.3) is 0 Å². The van der Waals surface area contributed by atoms with Gasteiger partial charge in [-0.15, -0.1) is 0 Å². The van der Waals surface area contributed by atoms with Crippen molar-refractivity contribution in [1.29, 1.82) is 0 Å². The lowest BCUT2D eigenvalue weighted by Crippen LogP contribution is -2.25. The minimum absolute atomic E-state index is 0.00648. The number of benzene rings is 1. The fourth-order valence-corrected chi connectivity index (χ4v) is 1.77. The van der Waals surface area contributed by atoms with Crippen LogP contribution >= 0.6 is 0 Å². The third-order valence-corrected chi connectivity index (χ3v) is 2.93. The number of hydrogen-bond donors (Lipinski definition) is 1. The second-order valence-electron chi connectivity index (χ2n) is 4.82. The quantitative estimate of drug-likeness (QED) is 0.841. The van der Waals surface area contributed by atoms with Crippen molar-refractivity contribution < 1.29 is 9.53 Å². The van der Waals surface area contributed by atoms with Crippen LogP contribution in [0.1, 0.15) is 43.1 Å². The van der Waals surface area contributed by atoms with Crippen molar-refractivity contribution in [2.24, 2.45) is 5.92 Å². The summed E-state index contributed by atoms with van der Waals surface area (Å²) in [6.45, 7) is 7.08. The molecule has 1 rings (SSSR count). The maximum atomic E-state index is 11.9. The molecule has 0 aromatic heterocycles. The number of carbonyl (C=O) groups excluding carboxylic acids is 1. The third-order valence-electron chi connectivity index (χ3n) is 2.93. The van der Waals surface area contributed by atoms with E-state index in [1.807, 2.05) is 18.2 Å². The molecule has 100 valence electrons. The number of carbonyl (C=O) groups is 1. The SMILES string of the molecule is CCc1cc(C(=O)NCCC(C)C)ccc1OC. The van der Waals surface area contributed by atoms with Gasteiger partial charge < -0.3 is 10.1 Å². The summed E-state index contributed by atoms with van der Waals surface area (Å²) in [4.78, 5) is 11.9. The Morgan fingerprint density at radius 1 is 1.39 bits per heavy atom. The Morgan fingerprint density at radius 3 is 2.67 bits per heavy atom. The van der Waals surface area contributed by atoms with E-state index in [2.05, 4.69) is 26.1 Å². The molecule has 1 aromatic rings. The zero-order chi connectivity index (χ0) is 13.5. The van der Waals surface area contributed by atoms with E-state index in [4.69, 9.17) is 4.74 Å². The Hall–Kier alpha value is -1.51. The molecule has 0 saturated carbocycles. The van der Waals surface area contributed by atoms with Gasteiger partial charge in [-0.05, 0) is 42.5 Å². The summed E-state index contributed by atoms with van der Waals surface area (Å²) in [5.41, 5.74) is 1.77. The molecule has 0 aliphatic carbocycles. The first-order valence-corrected chi connectivity index (χ1v) is 6.53. The van der Waals surface area contributed by atoms with E-state index >= 15 is 0 Å². The van der Waals surface area contributed by atoms with Crippen molar-refractivity contribution >= 4 is 5.91 Å². The van der Waals surface area contributed by atoms with Gasteiger partial charge in [0.05, 0.1) is 7.11 Å². The van der Waals surface area contributed by atoms with Crippen LogP contribution in [-0.2, 0) is 6.42 Å². The molecule has 0 aliphatic heterocycles. The van der Waals surface area contributed by atoms with Gasteiger partial charge in [-0.1, -0.05) is 20.8 Å². The number of amides is 1. The highest BCUT2D eigenvalue weighted by atomic mass is 16.5. The highest BCUT2D eigenvalue weighted by molar-refractivity contribution is 5.94. The number of hydrogen-bond acceptors (Lipinski definition) is 2. The van der Waals surface area contributed by atoms with Crippen molar-refractivity contribution in [2.75, 3.05) is 13.7 Å². The molecule has 1 aromatic carbocycles. The molecule has 0 fully saturated rings. The van der Waals surface area contributed by atoms with Gasteiger partial charge in [0.1, 0.15) is 5.75 Å². The van der Waals surface area contributed by atoms with E-state index in [-0.39, 0.29) is 5.91 Å². The molecule has 1 amide bonds. The van der Waals surface area contributed by atoms with Gasteiger partial charge >= 0.3 is 0 Å². The maximum Gasteiger partial charge on any atom is 0.251 e. The lowest BCUT2D eigenvalue weighted by atomic mass is 10.1. The third kappa shape index (κ3) is 4.06. The van der Waals surface area contributed by atoms with Gasteiger partial charge in [0.15, 0.2) is 0 Å². The smallest absolute Gasteiger partial charge is 0.251 e. The molecule has 0 atom stereocenters. The van der Waals surface area contributed by atoms with E-state index in [1.54, 1.807) is 7.11 Å². The molecule has 0 saturated heterocycles. The number of methoxy groups -OCH3 is 1. The van der Waals surface area contributed by atoms with E-state index < -0.39 is 0 Å². The van der Waals surface area contributed by atoms with Crippen LogP contribution in [0, 0.1) is 5.92 Å². The van der Waals surface area contributed by atoms with Gasteiger partial charge in [-0.2, -0.15) is 0 Å². The molecule has 1 N–H and O–H groups in total. The molecule has 0 radical (unpaired) electrons. The molecule has 0 aliphatic rings. The number of ether oxygens (including phenoxy) is 1. The van der Waals surface area contributed by atoms with Crippen LogP contribution in [0.3, 0.4) is 0 Å². The van der Waals surface area contributed by atoms with Gasteiger partial charge in [0.25, 0.3) is 5.91 Å². The molecule has 0 heterocycles. The summed E-state index contributed by atoms with van der Waals surface area (Å²) in [5.74, 6) is 1.44. The number of rotatable bonds is 6. The first kappa shape index (κ1) is 14.6. The summed E-state index contributed by atoms with van der Waals surface area (Å²) in [6.07, 6.45) is 1.86. The standard InChI is InChI=1S/C15H23NO2/c1-5-12-10-13(6-7-14(12)18-4)15(17)16-9-8-11(2)3/h6-7,10-11H,5,8-9H2,1-4H3,(H,16,17). The molecular formula is C15H23NO2. The molecule has 0 bridgehead atoms. The van der Waals surface area contributed by atoms with Crippen molar-refractivity contribution in [3.05, 3.63) is 29.3 Å². The summed E-state index contributed by atoms with van der Waals surface area (Å²) in [7, 11) is 1.65. The van der Waals surface area contributed by atoms with Crippen molar-refractivity contribution in [3.8, 4) is 5.75 Å². The van der Waals surface area contributed by atoms with Crippen LogP contribution in [0.15, 0.2) is 18.2 Å². The van der Waals surface area contributed by atoms with Gasteiger partial charge in [0, 0.05) is 12.1 Å². The Bertz CT molecular complexity index is 399. The summed E-state index contributed by atoms with van der Waals surface area (Å²) in [6, 6.07) is 5.57. The van der Waals surface area contributed by atoms with Crippen LogP contribution in [0.4, 0.5) is 0 Å². The number of aryl methyl sites for hydroxylation is 1. The first-order chi connectivity index (χ1) is 8.58. The first-order valence-electron chi connectivity index (χ1n) is 6.53. The van der Waals surface area contributed by atoms with Crippen LogP contribution < -0.4 is 10.1 Å². The van der Waals surface area contributed by atoms with E-state index in [0.29, 0.717) is 11.5 Å². The predicted molar refractivity (Wildman–Crippen MR) is 74.2 cm³/mol. The predicted octanol–water partition coefficient (Wildman–Crippen LogP) is 3.03. The summed E-state index contributed by atoms with van der Waals surface area (Å²) in [5, 5.41) is 2.94. The largest absolute Gasteiger partial charge is 0.496 e. The molecule has 3 heteroatoms. The highest BCUT2D eigenvalue weighted by Crippen LogP contribution is 2.20. The van der Waals surface area contributed by atoms with E-state index in [1.165, 1.54) is 0 Å². The minimum atomic E-state index is -0.00648. The fraction of sp³-hybridized carbons (Fsp3) is 0.533. The normalized spacial score (nSPS) is 10.5. The van der Waals surface area contributed by atoms with E-state index in [0.717, 1.165) is 30.7 Å². The Morgan fingerprint density at radius 2 is 2.11 bits per heavy atom. The van der Waals surface area contributed by atoms with Crippen molar-refractivity contribution in [2.45, 2.75) is 33.6 Å². The van der Waals surface area contributed by atoms with Gasteiger partial charge in [-0.3, -0.25) is 4.79 Å². The Labute approximate surface area is 110 Å². The number of nitrogens with one attached hydrogen (secondary N) is 1. The molecule has 3 nitrogen and oxygen atoms in total. The lowest BCUT2D eigenvalue weighted by molar-refractivity contribution is 0.0952. The Balaban J connectivity index is 2.68. The molecule has 0 unspecified atom stereocenters. The maximum absolute atomic E-state index is 11.9. The van der Waals surface area contributed by atoms with Crippen molar-refractivity contribution in [1.82, 2.24) is 5.32 Å². The molecule has 0 spiro atoms. The summed E-state index contributed by atoms with van der Waals surface area (Å²) < 4.78 is 5.25. The second-order valence-corrected chi connectivity index (χ2v) is 4.82. The summed E-state index contributed by atoms with van der Waals surface area (Å²) >= 11 is 0. The molecule has 18 heavy (non-hydrogen) atoms. The van der Waals surface area contributed by atoms with Gasteiger partial charge in [0.2, 0.25) is 0 Å². The Kier molecular flexibility index (Phi) is 5.69. The average Bonchev–Trinajstić information content (AvgIpc) is 2.37. The monoisotopic (exact) mass is 249 g/mol. The van der Waals surface area contributed by atoms with E-state index in [9.17, 15) is 4.79 Å². The lowest BCUT2D eigenvalue weighted by Gasteiger charge is -2.10. The second kappa shape index (κ2) is 7.04. The zero-order valence-electron chi connectivity index (χ0n) is 11.7. The minimum Gasteiger partial charge on any atom is -0.496 e. The highest BCUT2D eigenvalue weighted by Gasteiger charge is 2.09. The van der Waals surface area contributed by atoms with Crippen LogP contribution in [-0.4, -0.2) is 19.6 Å². The zero-order valence-corrected chi connectivity index (χ0v) is 11.7. The van der Waals surface area contributed by atoms with Crippen LogP contribution in [0.5, 0.6) is 5.75 Å².